The van der Waals surface area contributed by atoms with E-state index in [1.54, 1.807) is 36.6 Å². The van der Waals surface area contributed by atoms with Crippen LogP contribution in [0.1, 0.15) is 42.0 Å². The van der Waals surface area contributed by atoms with Crippen molar-refractivity contribution < 1.29 is 9.53 Å². The summed E-state index contributed by atoms with van der Waals surface area (Å²) in [4.78, 5) is 30.6. The van der Waals surface area contributed by atoms with Gasteiger partial charge in [-0.1, -0.05) is 43.0 Å². The first kappa shape index (κ1) is 25.0. The number of rotatable bonds is 5. The molecule has 1 aromatic heterocycles. The summed E-state index contributed by atoms with van der Waals surface area (Å²) in [6.45, 7) is 5.98. The molecule has 2 saturated heterocycles. The van der Waals surface area contributed by atoms with Gasteiger partial charge in [0, 0.05) is 25.7 Å². The average Bonchev–Trinajstić information content (AvgIpc) is 3.11. The molecule has 0 bridgehead atoms. The Labute approximate surface area is 215 Å². The number of methoxy groups -OCH3 is 1. The molecule has 35 heavy (non-hydrogen) atoms. The van der Waals surface area contributed by atoms with Gasteiger partial charge in [0.1, 0.15) is 27.5 Å². The molecule has 1 aromatic carbocycles. The summed E-state index contributed by atoms with van der Waals surface area (Å²) < 4.78 is 7.24. The summed E-state index contributed by atoms with van der Waals surface area (Å²) in [6.07, 6.45) is 3.97. The number of amides is 1. The van der Waals surface area contributed by atoms with Gasteiger partial charge in [-0.3, -0.25) is 19.1 Å². The van der Waals surface area contributed by atoms with Crippen LogP contribution in [0.25, 0.3) is 6.08 Å². The van der Waals surface area contributed by atoms with Crippen molar-refractivity contribution >= 4 is 46.1 Å². The maximum absolute atomic E-state index is 13.4. The SMILES string of the molecule is COc1ccc(CN2C(=O)/C(=C\c3c(C)c(C#N)c(=O)n(C)c3N3CCCC(C)C3)SC2=S)cc1. The number of thiocarbonyl (C=S) groups is 1. The van der Waals surface area contributed by atoms with E-state index in [-0.39, 0.29) is 17.0 Å². The second kappa shape index (κ2) is 10.3. The third kappa shape index (κ3) is 4.86. The topological polar surface area (TPSA) is 78.6 Å². The number of carbonyl (C=O) groups excluding carboxylic acids is 1. The monoisotopic (exact) mass is 508 g/mol. The summed E-state index contributed by atoms with van der Waals surface area (Å²) in [5.74, 6) is 1.81. The number of nitriles is 1. The second-order valence-corrected chi connectivity index (χ2v) is 10.7. The van der Waals surface area contributed by atoms with Crippen molar-refractivity contribution in [1.82, 2.24) is 9.47 Å². The van der Waals surface area contributed by atoms with Crippen LogP contribution in [-0.4, -0.2) is 39.9 Å². The van der Waals surface area contributed by atoms with E-state index in [0.717, 1.165) is 48.6 Å². The molecular weight excluding hydrogens is 480 g/mol. The molecule has 0 aliphatic carbocycles. The number of nitrogens with zero attached hydrogens (tertiary/aromatic N) is 4. The largest absolute Gasteiger partial charge is 0.497 e. The Morgan fingerprint density at radius 3 is 2.63 bits per heavy atom. The molecule has 4 rings (SSSR count). The van der Waals surface area contributed by atoms with Crippen LogP contribution < -0.4 is 15.2 Å². The number of aromatic nitrogens is 1. The molecular formula is C26H28N4O3S2. The number of thioether (sulfide) groups is 1. The molecule has 2 aliphatic rings. The van der Waals surface area contributed by atoms with Crippen LogP contribution in [0.2, 0.25) is 0 Å². The van der Waals surface area contributed by atoms with Crippen LogP contribution >= 0.6 is 24.0 Å². The quantitative estimate of drug-likeness (QED) is 0.442. The fraction of sp³-hybridized carbons (Fsp3) is 0.385. The second-order valence-electron chi connectivity index (χ2n) is 9.02. The molecule has 0 N–H and O–H groups in total. The van der Waals surface area contributed by atoms with Crippen LogP contribution in [0, 0.1) is 24.2 Å². The summed E-state index contributed by atoms with van der Waals surface area (Å²) in [7, 11) is 3.31. The zero-order chi connectivity index (χ0) is 25.3. The lowest BCUT2D eigenvalue weighted by Crippen LogP contribution is -2.39. The van der Waals surface area contributed by atoms with E-state index in [1.165, 1.54) is 11.8 Å². The Morgan fingerprint density at radius 2 is 2.00 bits per heavy atom. The van der Waals surface area contributed by atoms with Crippen molar-refractivity contribution in [3.8, 4) is 11.8 Å². The van der Waals surface area contributed by atoms with Gasteiger partial charge in [0.05, 0.1) is 18.6 Å². The van der Waals surface area contributed by atoms with E-state index < -0.39 is 0 Å². The van der Waals surface area contributed by atoms with Crippen LogP contribution in [0.15, 0.2) is 34.0 Å². The first-order chi connectivity index (χ1) is 16.7. The predicted molar refractivity (Wildman–Crippen MR) is 143 cm³/mol. The molecule has 1 atom stereocenters. The van der Waals surface area contributed by atoms with Gasteiger partial charge < -0.3 is 9.64 Å². The highest BCUT2D eigenvalue weighted by molar-refractivity contribution is 8.26. The first-order valence-corrected chi connectivity index (χ1v) is 12.7. The van der Waals surface area contributed by atoms with Crippen LogP contribution in [-0.2, 0) is 18.4 Å². The Balaban J connectivity index is 1.74. The Morgan fingerprint density at radius 1 is 1.29 bits per heavy atom. The Hall–Kier alpha value is -3.09. The van der Waals surface area contributed by atoms with Gasteiger partial charge in [-0.25, -0.2) is 0 Å². The molecule has 2 aromatic rings. The van der Waals surface area contributed by atoms with Crippen LogP contribution in [0.5, 0.6) is 5.75 Å². The highest BCUT2D eigenvalue weighted by Crippen LogP contribution is 2.37. The number of ether oxygens (including phenoxy) is 1. The molecule has 2 fully saturated rings. The molecule has 9 heteroatoms. The molecule has 2 aliphatic heterocycles. The normalized spacial score (nSPS) is 19.4. The van der Waals surface area contributed by atoms with E-state index in [9.17, 15) is 14.9 Å². The fourth-order valence-electron chi connectivity index (χ4n) is 4.66. The number of hydrogen-bond acceptors (Lipinski definition) is 7. The van der Waals surface area contributed by atoms with E-state index in [0.29, 0.717) is 27.3 Å². The minimum atomic E-state index is -0.317. The number of carbonyl (C=O) groups is 1. The van der Waals surface area contributed by atoms with E-state index in [1.807, 2.05) is 24.3 Å². The Kier molecular flexibility index (Phi) is 7.33. The number of piperidine rings is 1. The highest BCUT2D eigenvalue weighted by atomic mass is 32.2. The van der Waals surface area contributed by atoms with Gasteiger partial charge >= 0.3 is 0 Å². The Bertz CT molecular complexity index is 1310. The molecule has 182 valence electrons. The molecule has 0 radical (unpaired) electrons. The average molecular weight is 509 g/mol. The van der Waals surface area contributed by atoms with Gasteiger partial charge in [-0.05, 0) is 55.0 Å². The number of anilines is 1. The van der Waals surface area contributed by atoms with Gasteiger partial charge in [0.25, 0.3) is 11.5 Å². The zero-order valence-corrected chi connectivity index (χ0v) is 22.0. The highest BCUT2D eigenvalue weighted by Gasteiger charge is 2.33. The lowest BCUT2D eigenvalue weighted by atomic mass is 9.98. The fourth-order valence-corrected chi connectivity index (χ4v) is 5.89. The van der Waals surface area contributed by atoms with E-state index in [4.69, 9.17) is 17.0 Å². The standard InChI is InChI=1S/C26H28N4O3S2/c1-16-6-5-11-29(14-16)23-20(17(2)21(13-27)24(31)28(23)3)12-22-25(32)30(26(34)35-22)15-18-7-9-19(33-4)10-8-18/h7-10,12,16H,5-6,11,14-15H2,1-4H3/b22-12+. The van der Waals surface area contributed by atoms with E-state index in [2.05, 4.69) is 17.9 Å². The number of hydrogen-bond donors (Lipinski definition) is 0. The van der Waals surface area contributed by atoms with E-state index >= 15 is 0 Å². The molecule has 0 saturated carbocycles. The summed E-state index contributed by atoms with van der Waals surface area (Å²) in [6, 6.07) is 9.59. The van der Waals surface area contributed by atoms with Gasteiger partial charge in [-0.15, -0.1) is 0 Å². The maximum Gasteiger partial charge on any atom is 0.270 e. The summed E-state index contributed by atoms with van der Waals surface area (Å²) in [5, 5.41) is 9.68. The number of benzene rings is 1. The molecule has 7 nitrogen and oxygen atoms in total. The molecule has 1 amide bonds. The minimum absolute atomic E-state index is 0.0984. The lowest BCUT2D eigenvalue weighted by molar-refractivity contribution is -0.122. The minimum Gasteiger partial charge on any atom is -0.497 e. The number of pyridine rings is 1. The van der Waals surface area contributed by atoms with Gasteiger partial charge in [0.15, 0.2) is 0 Å². The van der Waals surface area contributed by atoms with Gasteiger partial charge in [-0.2, -0.15) is 5.26 Å². The molecule has 3 heterocycles. The maximum atomic E-state index is 13.4. The predicted octanol–water partition coefficient (Wildman–Crippen LogP) is 4.21. The van der Waals surface area contributed by atoms with Crippen LogP contribution in [0.3, 0.4) is 0 Å². The molecule has 0 spiro atoms. The van der Waals surface area contributed by atoms with Gasteiger partial charge in [0.2, 0.25) is 0 Å². The van der Waals surface area contributed by atoms with Crippen molar-refractivity contribution in [2.45, 2.75) is 33.2 Å². The van der Waals surface area contributed by atoms with Crippen molar-refractivity contribution in [2.24, 2.45) is 13.0 Å². The van der Waals surface area contributed by atoms with Crippen molar-refractivity contribution in [3.05, 3.63) is 61.8 Å². The molecule has 1 unspecified atom stereocenters. The summed E-state index contributed by atoms with van der Waals surface area (Å²) >= 11 is 6.79. The lowest BCUT2D eigenvalue weighted by Gasteiger charge is -2.35. The van der Waals surface area contributed by atoms with Crippen LogP contribution in [0.4, 0.5) is 5.82 Å². The zero-order valence-electron chi connectivity index (χ0n) is 20.3. The van der Waals surface area contributed by atoms with Crippen molar-refractivity contribution in [2.75, 3.05) is 25.1 Å². The third-order valence-electron chi connectivity index (χ3n) is 6.57. The smallest absolute Gasteiger partial charge is 0.270 e. The third-order valence-corrected chi connectivity index (χ3v) is 7.95. The summed E-state index contributed by atoms with van der Waals surface area (Å²) in [5.41, 5.74) is 2.03. The van der Waals surface area contributed by atoms with Crippen molar-refractivity contribution in [1.29, 1.82) is 5.26 Å². The first-order valence-electron chi connectivity index (χ1n) is 11.5. The van der Waals surface area contributed by atoms with Crippen molar-refractivity contribution in [3.63, 3.8) is 0 Å².